The van der Waals surface area contributed by atoms with E-state index in [9.17, 15) is 9.59 Å². The predicted molar refractivity (Wildman–Crippen MR) is 138 cm³/mol. The van der Waals surface area contributed by atoms with Crippen molar-refractivity contribution in [3.63, 3.8) is 0 Å². The lowest BCUT2D eigenvalue weighted by Gasteiger charge is -2.23. The molecule has 180 valence electrons. The molecular weight excluding hydrogens is 464 g/mol. The van der Waals surface area contributed by atoms with Crippen molar-refractivity contribution in [2.24, 2.45) is 5.92 Å². The maximum atomic E-state index is 12.8. The van der Waals surface area contributed by atoms with Crippen LogP contribution in [0.3, 0.4) is 0 Å². The molecule has 1 aromatic carbocycles. The number of thioether (sulfide) groups is 2. The van der Waals surface area contributed by atoms with Gasteiger partial charge in [-0.25, -0.2) is 0 Å². The fourth-order valence-electron chi connectivity index (χ4n) is 3.95. The standard InChI is InChI=1S/C23H36N4O2S2.ClH/c28-22(25-12-11-24-13-18-7-3-1-4-8-18)21(27-23(29)20-15-31-17-26-20)16-30-14-19-9-5-2-6-10-19;/h1,3-4,7-8,19-21,24,26H,2,5-6,9-17H2,(H,25,28)(H,27,29);1H/t20-,21-;/m0./s1. The smallest absolute Gasteiger partial charge is 0.243 e. The highest BCUT2D eigenvalue weighted by Crippen LogP contribution is 2.27. The summed E-state index contributed by atoms with van der Waals surface area (Å²) in [7, 11) is 0. The second-order valence-corrected chi connectivity index (χ2v) is 10.4. The monoisotopic (exact) mass is 500 g/mol. The van der Waals surface area contributed by atoms with E-state index in [1.165, 1.54) is 37.7 Å². The Kier molecular flexibility index (Phi) is 13.5. The molecule has 1 aliphatic heterocycles. The van der Waals surface area contributed by atoms with Crippen molar-refractivity contribution in [3.05, 3.63) is 35.9 Å². The molecular formula is C23H37ClN4O2S2. The summed E-state index contributed by atoms with van der Waals surface area (Å²) in [6.45, 7) is 2.01. The number of hydrogen-bond donors (Lipinski definition) is 4. The average Bonchev–Trinajstić information content (AvgIpc) is 3.35. The molecule has 0 unspecified atom stereocenters. The lowest BCUT2D eigenvalue weighted by molar-refractivity contribution is -0.129. The second-order valence-electron chi connectivity index (χ2n) is 8.33. The molecule has 4 N–H and O–H groups in total. The molecule has 2 amide bonds. The minimum atomic E-state index is -0.484. The van der Waals surface area contributed by atoms with E-state index in [2.05, 4.69) is 33.4 Å². The Balaban J connectivity index is 0.00000363. The van der Waals surface area contributed by atoms with Crippen molar-refractivity contribution >= 4 is 47.7 Å². The van der Waals surface area contributed by atoms with E-state index in [0.717, 1.165) is 29.8 Å². The molecule has 1 saturated heterocycles. The van der Waals surface area contributed by atoms with Gasteiger partial charge >= 0.3 is 0 Å². The van der Waals surface area contributed by atoms with Crippen molar-refractivity contribution in [2.75, 3.05) is 36.2 Å². The summed E-state index contributed by atoms with van der Waals surface area (Å²) in [4.78, 5) is 25.4. The topological polar surface area (TPSA) is 82.3 Å². The van der Waals surface area contributed by atoms with Gasteiger partial charge in [0.25, 0.3) is 0 Å². The number of carbonyl (C=O) groups is 2. The largest absolute Gasteiger partial charge is 0.353 e. The maximum absolute atomic E-state index is 12.8. The van der Waals surface area contributed by atoms with Gasteiger partial charge < -0.3 is 16.0 Å². The van der Waals surface area contributed by atoms with Crippen molar-refractivity contribution in [2.45, 2.75) is 50.7 Å². The van der Waals surface area contributed by atoms with Crippen molar-refractivity contribution in [1.82, 2.24) is 21.3 Å². The fraction of sp³-hybridized carbons (Fsp3) is 0.652. The zero-order chi connectivity index (χ0) is 21.7. The first-order chi connectivity index (χ1) is 15.2. The molecule has 6 nitrogen and oxygen atoms in total. The van der Waals surface area contributed by atoms with Crippen LogP contribution >= 0.6 is 35.9 Å². The zero-order valence-corrected chi connectivity index (χ0v) is 21.1. The number of hydrogen-bond acceptors (Lipinski definition) is 6. The fourth-order valence-corrected chi connectivity index (χ4v) is 6.17. The Morgan fingerprint density at radius 2 is 1.91 bits per heavy atom. The SMILES string of the molecule is Cl.O=C(N[C@@H](CSCC1CCCCC1)C(=O)NCCNCc1ccccc1)[C@@H]1CSCN1. The summed E-state index contributed by atoms with van der Waals surface area (Å²) in [5.74, 6) is 3.87. The Bertz CT molecular complexity index is 671. The number of benzene rings is 1. The molecule has 1 aliphatic carbocycles. The molecule has 0 aromatic heterocycles. The van der Waals surface area contributed by atoms with Crippen LogP contribution in [-0.4, -0.2) is 60.1 Å². The quantitative estimate of drug-likeness (QED) is 0.330. The van der Waals surface area contributed by atoms with Crippen LogP contribution in [-0.2, 0) is 16.1 Å². The van der Waals surface area contributed by atoms with Gasteiger partial charge in [0.1, 0.15) is 6.04 Å². The Morgan fingerprint density at radius 1 is 1.12 bits per heavy atom. The molecule has 1 aromatic rings. The van der Waals surface area contributed by atoms with Crippen LogP contribution in [0.15, 0.2) is 30.3 Å². The van der Waals surface area contributed by atoms with E-state index in [0.29, 0.717) is 18.8 Å². The molecule has 2 atom stereocenters. The molecule has 0 radical (unpaired) electrons. The van der Waals surface area contributed by atoms with E-state index in [4.69, 9.17) is 0 Å². The van der Waals surface area contributed by atoms with Crippen LogP contribution in [0.25, 0.3) is 0 Å². The van der Waals surface area contributed by atoms with Crippen LogP contribution in [0.4, 0.5) is 0 Å². The molecule has 32 heavy (non-hydrogen) atoms. The normalized spacial score (nSPS) is 19.7. The first-order valence-electron chi connectivity index (χ1n) is 11.4. The molecule has 2 aliphatic rings. The molecule has 1 saturated carbocycles. The van der Waals surface area contributed by atoms with Crippen LogP contribution in [0.2, 0.25) is 0 Å². The van der Waals surface area contributed by atoms with E-state index < -0.39 is 6.04 Å². The number of amides is 2. The molecule has 0 spiro atoms. The van der Waals surface area contributed by atoms with Gasteiger partial charge in [-0.2, -0.15) is 11.8 Å². The van der Waals surface area contributed by atoms with E-state index >= 15 is 0 Å². The van der Waals surface area contributed by atoms with Gasteiger partial charge in [0.15, 0.2) is 0 Å². The van der Waals surface area contributed by atoms with Crippen molar-refractivity contribution < 1.29 is 9.59 Å². The van der Waals surface area contributed by atoms with Gasteiger partial charge in [0.05, 0.1) is 6.04 Å². The van der Waals surface area contributed by atoms with Crippen LogP contribution < -0.4 is 21.3 Å². The second kappa shape index (κ2) is 15.8. The summed E-state index contributed by atoms with van der Waals surface area (Å²) in [5, 5.41) is 12.5. The summed E-state index contributed by atoms with van der Waals surface area (Å²) in [6.07, 6.45) is 6.60. The van der Waals surface area contributed by atoms with Gasteiger partial charge in [0, 0.05) is 37.0 Å². The summed E-state index contributed by atoms with van der Waals surface area (Å²) >= 11 is 3.52. The number of nitrogens with one attached hydrogen (secondary N) is 4. The van der Waals surface area contributed by atoms with Crippen molar-refractivity contribution in [1.29, 1.82) is 0 Å². The number of carbonyl (C=O) groups excluding carboxylic acids is 2. The van der Waals surface area contributed by atoms with Gasteiger partial charge in [-0.3, -0.25) is 14.9 Å². The number of halogens is 1. The van der Waals surface area contributed by atoms with E-state index in [1.54, 1.807) is 23.5 Å². The highest BCUT2D eigenvalue weighted by molar-refractivity contribution is 7.99. The third-order valence-corrected chi connectivity index (χ3v) is 8.02. The minimum Gasteiger partial charge on any atom is -0.353 e. The van der Waals surface area contributed by atoms with E-state index in [1.807, 2.05) is 18.2 Å². The molecule has 3 rings (SSSR count). The highest BCUT2D eigenvalue weighted by Gasteiger charge is 2.28. The van der Waals surface area contributed by atoms with Gasteiger partial charge in [-0.1, -0.05) is 49.6 Å². The first kappa shape index (κ1) is 27.3. The predicted octanol–water partition coefficient (Wildman–Crippen LogP) is 2.77. The van der Waals surface area contributed by atoms with Crippen LogP contribution in [0.5, 0.6) is 0 Å². The van der Waals surface area contributed by atoms with E-state index in [-0.39, 0.29) is 30.3 Å². The molecule has 9 heteroatoms. The zero-order valence-electron chi connectivity index (χ0n) is 18.6. The van der Waals surface area contributed by atoms with Crippen molar-refractivity contribution in [3.8, 4) is 0 Å². The first-order valence-corrected chi connectivity index (χ1v) is 13.7. The van der Waals surface area contributed by atoms with Crippen LogP contribution in [0.1, 0.15) is 37.7 Å². The average molecular weight is 501 g/mol. The van der Waals surface area contributed by atoms with Crippen LogP contribution in [0, 0.1) is 5.92 Å². The lowest BCUT2D eigenvalue weighted by atomic mass is 9.91. The Labute approximate surface area is 207 Å². The third kappa shape index (κ3) is 9.91. The Hall–Kier alpha value is -0.930. The van der Waals surface area contributed by atoms with Gasteiger partial charge in [-0.05, 0) is 30.1 Å². The third-order valence-electron chi connectivity index (χ3n) is 5.80. The Morgan fingerprint density at radius 3 is 2.62 bits per heavy atom. The molecule has 2 fully saturated rings. The number of rotatable bonds is 12. The lowest BCUT2D eigenvalue weighted by Crippen LogP contribution is -2.53. The molecule has 1 heterocycles. The molecule has 0 bridgehead atoms. The summed E-state index contributed by atoms with van der Waals surface area (Å²) in [6, 6.07) is 9.53. The van der Waals surface area contributed by atoms with Gasteiger partial charge in [-0.15, -0.1) is 24.2 Å². The minimum absolute atomic E-state index is 0. The summed E-state index contributed by atoms with van der Waals surface area (Å²) in [5.41, 5.74) is 1.22. The summed E-state index contributed by atoms with van der Waals surface area (Å²) < 4.78 is 0. The maximum Gasteiger partial charge on any atom is 0.243 e. The highest BCUT2D eigenvalue weighted by atomic mass is 35.5. The van der Waals surface area contributed by atoms with Gasteiger partial charge in [0.2, 0.25) is 11.8 Å².